The molecule has 0 aromatic rings. The van der Waals surface area contributed by atoms with Crippen LogP contribution in [0.5, 0.6) is 0 Å². The van der Waals surface area contributed by atoms with Crippen LogP contribution in [0.3, 0.4) is 0 Å². The van der Waals surface area contributed by atoms with Gasteiger partial charge in [-0.3, -0.25) is 0 Å². The zero-order valence-corrected chi connectivity index (χ0v) is 10.3. The second kappa shape index (κ2) is 6.52. The third-order valence-corrected chi connectivity index (χ3v) is 4.41. The minimum atomic E-state index is 0.667. The van der Waals surface area contributed by atoms with Crippen molar-refractivity contribution in [2.24, 2.45) is 0 Å². The van der Waals surface area contributed by atoms with E-state index in [1.807, 2.05) is 0 Å². The first-order chi connectivity index (χ1) is 6.77. The highest BCUT2D eigenvalue weighted by Gasteiger charge is 2.24. The van der Waals surface area contributed by atoms with Gasteiger partial charge >= 0.3 is 0 Å². The zero-order chi connectivity index (χ0) is 10.4. The first-order valence-electron chi connectivity index (χ1n) is 5.79. The Balaban J connectivity index is 2.40. The van der Waals surface area contributed by atoms with E-state index in [9.17, 15) is 0 Å². The molecule has 1 N–H and O–H groups in total. The van der Waals surface area contributed by atoms with Crippen LogP contribution in [0.1, 0.15) is 39.5 Å². The molecule has 0 aromatic heterocycles. The van der Waals surface area contributed by atoms with E-state index in [0.29, 0.717) is 6.04 Å². The van der Waals surface area contributed by atoms with Gasteiger partial charge in [-0.05, 0) is 38.0 Å². The van der Waals surface area contributed by atoms with Crippen molar-refractivity contribution in [2.75, 3.05) is 12.3 Å². The molecule has 1 heterocycles. The maximum atomic E-state index is 4.12. The molecule has 0 bridgehead atoms. The zero-order valence-electron chi connectivity index (χ0n) is 9.51. The first-order valence-corrected chi connectivity index (χ1v) is 6.84. The lowest BCUT2D eigenvalue weighted by atomic mass is 10.0. The standard InChI is InChI=1S/C12H23NS/c1-4-10(3)9-11(13-5-2)12-7-6-8-14-12/h11-13H,3-9H2,1-2H3. The van der Waals surface area contributed by atoms with E-state index < -0.39 is 0 Å². The lowest BCUT2D eigenvalue weighted by Crippen LogP contribution is -2.37. The molecule has 1 rings (SSSR count). The first kappa shape index (κ1) is 12.1. The smallest absolute Gasteiger partial charge is 0.0223 e. The molecule has 0 amide bonds. The van der Waals surface area contributed by atoms with Gasteiger partial charge in [0.15, 0.2) is 0 Å². The minimum absolute atomic E-state index is 0.667. The molecule has 0 aromatic carbocycles. The summed E-state index contributed by atoms with van der Waals surface area (Å²) in [6, 6.07) is 0.667. The Bertz CT molecular complexity index is 173. The van der Waals surface area contributed by atoms with Gasteiger partial charge in [0, 0.05) is 11.3 Å². The number of nitrogens with one attached hydrogen (secondary N) is 1. The SMILES string of the molecule is C=C(CC)CC(NCC)C1CCCS1. The molecule has 14 heavy (non-hydrogen) atoms. The van der Waals surface area contributed by atoms with Crippen LogP contribution < -0.4 is 5.32 Å². The highest BCUT2D eigenvalue weighted by atomic mass is 32.2. The second-order valence-electron chi connectivity index (χ2n) is 4.02. The van der Waals surface area contributed by atoms with Crippen molar-refractivity contribution in [1.29, 1.82) is 0 Å². The van der Waals surface area contributed by atoms with Crippen molar-refractivity contribution >= 4 is 11.8 Å². The molecule has 1 aliphatic heterocycles. The average Bonchev–Trinajstić information content (AvgIpc) is 2.69. The number of hydrogen-bond acceptors (Lipinski definition) is 2. The summed E-state index contributed by atoms with van der Waals surface area (Å²) >= 11 is 2.14. The van der Waals surface area contributed by atoms with Gasteiger partial charge in [-0.25, -0.2) is 0 Å². The lowest BCUT2D eigenvalue weighted by Gasteiger charge is -2.24. The van der Waals surface area contributed by atoms with E-state index in [2.05, 4.69) is 37.5 Å². The number of thioether (sulfide) groups is 1. The number of hydrogen-bond donors (Lipinski definition) is 1. The summed E-state index contributed by atoms with van der Waals surface area (Å²) in [4.78, 5) is 0. The topological polar surface area (TPSA) is 12.0 Å². The lowest BCUT2D eigenvalue weighted by molar-refractivity contribution is 0.491. The maximum Gasteiger partial charge on any atom is 0.0223 e. The van der Waals surface area contributed by atoms with Crippen LogP contribution in [-0.4, -0.2) is 23.6 Å². The predicted octanol–water partition coefficient (Wildman–Crippen LogP) is 3.22. The Hall–Kier alpha value is 0.0500. The summed E-state index contributed by atoms with van der Waals surface area (Å²) in [7, 11) is 0. The van der Waals surface area contributed by atoms with Crippen molar-refractivity contribution in [3.05, 3.63) is 12.2 Å². The van der Waals surface area contributed by atoms with Gasteiger partial charge in [0.1, 0.15) is 0 Å². The molecule has 2 atom stereocenters. The fraction of sp³-hybridized carbons (Fsp3) is 0.833. The molecule has 0 spiro atoms. The largest absolute Gasteiger partial charge is 0.313 e. The molecule has 82 valence electrons. The summed E-state index contributed by atoms with van der Waals surface area (Å²) < 4.78 is 0. The van der Waals surface area contributed by atoms with Crippen LogP contribution in [0.15, 0.2) is 12.2 Å². The fourth-order valence-corrected chi connectivity index (χ4v) is 3.37. The van der Waals surface area contributed by atoms with Crippen molar-refractivity contribution in [2.45, 2.75) is 50.8 Å². The molecule has 1 nitrogen and oxygen atoms in total. The van der Waals surface area contributed by atoms with Gasteiger partial charge in [0.25, 0.3) is 0 Å². The van der Waals surface area contributed by atoms with E-state index in [1.165, 1.54) is 30.6 Å². The summed E-state index contributed by atoms with van der Waals surface area (Å²) in [6.45, 7) is 9.60. The third-order valence-electron chi connectivity index (χ3n) is 2.89. The monoisotopic (exact) mass is 213 g/mol. The van der Waals surface area contributed by atoms with Gasteiger partial charge in [-0.1, -0.05) is 26.0 Å². The van der Waals surface area contributed by atoms with E-state index in [4.69, 9.17) is 0 Å². The van der Waals surface area contributed by atoms with Gasteiger partial charge in [0.05, 0.1) is 0 Å². The van der Waals surface area contributed by atoms with Crippen molar-refractivity contribution < 1.29 is 0 Å². The third kappa shape index (κ3) is 3.66. The van der Waals surface area contributed by atoms with Crippen LogP contribution in [0, 0.1) is 0 Å². The molecular weight excluding hydrogens is 190 g/mol. The minimum Gasteiger partial charge on any atom is -0.313 e. The molecule has 2 heteroatoms. The van der Waals surface area contributed by atoms with E-state index in [0.717, 1.165) is 18.2 Å². The van der Waals surface area contributed by atoms with Gasteiger partial charge in [-0.2, -0.15) is 11.8 Å². The Labute approximate surface area is 92.7 Å². The van der Waals surface area contributed by atoms with Crippen LogP contribution in [0.2, 0.25) is 0 Å². The summed E-state index contributed by atoms with van der Waals surface area (Å²) in [5.74, 6) is 1.35. The van der Waals surface area contributed by atoms with Crippen molar-refractivity contribution in [3.8, 4) is 0 Å². The van der Waals surface area contributed by atoms with Crippen LogP contribution in [0.25, 0.3) is 0 Å². The molecule has 1 aliphatic rings. The van der Waals surface area contributed by atoms with Crippen LogP contribution in [-0.2, 0) is 0 Å². The Morgan fingerprint density at radius 2 is 2.36 bits per heavy atom. The molecule has 0 saturated carbocycles. The molecule has 0 aliphatic carbocycles. The summed E-state index contributed by atoms with van der Waals surface area (Å²) in [6.07, 6.45) is 5.08. The predicted molar refractivity (Wildman–Crippen MR) is 67.0 cm³/mol. The van der Waals surface area contributed by atoms with Crippen molar-refractivity contribution in [3.63, 3.8) is 0 Å². The normalized spacial score (nSPS) is 23.7. The Morgan fingerprint density at radius 1 is 1.57 bits per heavy atom. The van der Waals surface area contributed by atoms with E-state index in [-0.39, 0.29) is 0 Å². The van der Waals surface area contributed by atoms with Crippen LogP contribution >= 0.6 is 11.8 Å². The molecule has 1 fully saturated rings. The molecular formula is C12H23NS. The van der Waals surface area contributed by atoms with Gasteiger partial charge in [-0.15, -0.1) is 0 Å². The van der Waals surface area contributed by atoms with E-state index >= 15 is 0 Å². The molecule has 0 radical (unpaired) electrons. The Kier molecular flexibility index (Phi) is 5.64. The quantitative estimate of drug-likeness (QED) is 0.680. The van der Waals surface area contributed by atoms with Crippen LogP contribution in [0.4, 0.5) is 0 Å². The fourth-order valence-electron chi connectivity index (χ4n) is 1.97. The average molecular weight is 213 g/mol. The summed E-state index contributed by atoms with van der Waals surface area (Å²) in [5, 5.41) is 4.44. The molecule has 2 unspecified atom stereocenters. The second-order valence-corrected chi connectivity index (χ2v) is 5.37. The molecule has 1 saturated heterocycles. The van der Waals surface area contributed by atoms with Gasteiger partial charge in [0.2, 0.25) is 0 Å². The number of rotatable bonds is 6. The highest BCUT2D eigenvalue weighted by molar-refractivity contribution is 8.00. The highest BCUT2D eigenvalue weighted by Crippen LogP contribution is 2.31. The maximum absolute atomic E-state index is 4.12. The van der Waals surface area contributed by atoms with Gasteiger partial charge < -0.3 is 5.32 Å². The van der Waals surface area contributed by atoms with Crippen molar-refractivity contribution in [1.82, 2.24) is 5.32 Å². The Morgan fingerprint density at radius 3 is 2.86 bits per heavy atom. The summed E-state index contributed by atoms with van der Waals surface area (Å²) in [5.41, 5.74) is 1.39. The van der Waals surface area contributed by atoms with E-state index in [1.54, 1.807) is 0 Å².